The molecule has 1 saturated heterocycles. The first kappa shape index (κ1) is 17.7. The molecule has 3 rings (SSSR count). The third-order valence-electron chi connectivity index (χ3n) is 3.94. The highest BCUT2D eigenvalue weighted by Crippen LogP contribution is 2.31. The number of hydrogen-bond acceptors (Lipinski definition) is 4. The van der Waals surface area contributed by atoms with Crippen LogP contribution < -0.4 is 9.64 Å². The number of rotatable bonds is 5. The highest BCUT2D eigenvalue weighted by Gasteiger charge is 2.19. The summed E-state index contributed by atoms with van der Waals surface area (Å²) in [5.41, 5.74) is 2.17. The Morgan fingerprint density at radius 3 is 2.38 bits per heavy atom. The van der Waals surface area contributed by atoms with Crippen LogP contribution in [-0.4, -0.2) is 30.2 Å². The molecule has 24 heavy (non-hydrogen) atoms. The zero-order chi connectivity index (χ0) is 17.4. The molecule has 0 aliphatic carbocycles. The monoisotopic (exact) mass is 323 g/mol. The standard InChI is InChI=1S/C14H17N3O.C6H8/c1-3-10-7-11-12(8-13(10)18-2)15-9-16-14(11)17-5-4-6-17;1-3-5-6-4-2/h7-9H,3-6H2,1-2H3;3-6H,1-2H2/b;6-5-. The topological polar surface area (TPSA) is 38.2 Å². The molecule has 1 fully saturated rings. The fourth-order valence-electron chi connectivity index (χ4n) is 2.52. The van der Waals surface area contributed by atoms with Crippen LogP contribution >= 0.6 is 0 Å². The van der Waals surface area contributed by atoms with Crippen LogP contribution in [0.2, 0.25) is 0 Å². The van der Waals surface area contributed by atoms with Gasteiger partial charge in [0.2, 0.25) is 0 Å². The van der Waals surface area contributed by atoms with Crippen LogP contribution in [0.25, 0.3) is 10.9 Å². The molecule has 4 heteroatoms. The maximum Gasteiger partial charge on any atom is 0.139 e. The van der Waals surface area contributed by atoms with Crippen molar-refractivity contribution < 1.29 is 4.74 Å². The average molecular weight is 323 g/mol. The highest BCUT2D eigenvalue weighted by molar-refractivity contribution is 5.91. The van der Waals surface area contributed by atoms with Crippen LogP contribution in [0.3, 0.4) is 0 Å². The summed E-state index contributed by atoms with van der Waals surface area (Å²) < 4.78 is 5.41. The number of aryl methyl sites for hydroxylation is 1. The zero-order valence-corrected chi connectivity index (χ0v) is 14.5. The first-order chi connectivity index (χ1) is 11.7. The Kier molecular flexibility index (Phi) is 6.55. The summed E-state index contributed by atoms with van der Waals surface area (Å²) >= 11 is 0. The summed E-state index contributed by atoms with van der Waals surface area (Å²) in [7, 11) is 1.71. The number of methoxy groups -OCH3 is 1. The van der Waals surface area contributed by atoms with Gasteiger partial charge in [0.05, 0.1) is 12.6 Å². The quantitative estimate of drug-likeness (QED) is 0.768. The van der Waals surface area contributed by atoms with Gasteiger partial charge in [-0.25, -0.2) is 9.97 Å². The minimum Gasteiger partial charge on any atom is -0.496 e. The molecule has 0 atom stereocenters. The molecule has 0 saturated carbocycles. The summed E-state index contributed by atoms with van der Waals surface area (Å²) in [4.78, 5) is 11.1. The molecule has 1 aromatic heterocycles. The molecule has 0 bridgehead atoms. The lowest BCUT2D eigenvalue weighted by molar-refractivity contribution is 0.410. The predicted octanol–water partition coefficient (Wildman–Crippen LogP) is 4.33. The Morgan fingerprint density at radius 1 is 1.17 bits per heavy atom. The average Bonchev–Trinajstić information content (AvgIpc) is 2.58. The predicted molar refractivity (Wildman–Crippen MR) is 102 cm³/mol. The Balaban J connectivity index is 0.000000301. The molecule has 0 N–H and O–H groups in total. The van der Waals surface area contributed by atoms with Gasteiger partial charge in [0.1, 0.15) is 17.9 Å². The van der Waals surface area contributed by atoms with Gasteiger partial charge in [0.25, 0.3) is 0 Å². The molecule has 4 nitrogen and oxygen atoms in total. The van der Waals surface area contributed by atoms with Crippen LogP contribution in [0.1, 0.15) is 18.9 Å². The minimum absolute atomic E-state index is 0.915. The smallest absolute Gasteiger partial charge is 0.139 e. The van der Waals surface area contributed by atoms with E-state index in [4.69, 9.17) is 4.74 Å². The first-order valence-corrected chi connectivity index (χ1v) is 8.21. The van der Waals surface area contributed by atoms with Crippen molar-refractivity contribution >= 4 is 16.7 Å². The second-order valence-electron chi connectivity index (χ2n) is 5.43. The molecule has 126 valence electrons. The van der Waals surface area contributed by atoms with E-state index in [2.05, 4.69) is 41.0 Å². The molecule has 2 heterocycles. The molecule has 2 aromatic rings. The molecule has 0 amide bonds. The van der Waals surface area contributed by atoms with E-state index in [1.165, 1.54) is 12.0 Å². The van der Waals surface area contributed by atoms with Crippen molar-refractivity contribution in [1.29, 1.82) is 0 Å². The third kappa shape index (κ3) is 4.02. The third-order valence-corrected chi connectivity index (χ3v) is 3.94. The molecule has 1 aliphatic heterocycles. The maximum atomic E-state index is 5.41. The number of ether oxygens (including phenoxy) is 1. The van der Waals surface area contributed by atoms with Crippen molar-refractivity contribution in [3.63, 3.8) is 0 Å². The molecule has 1 aromatic carbocycles. The second-order valence-corrected chi connectivity index (χ2v) is 5.43. The first-order valence-electron chi connectivity index (χ1n) is 8.21. The van der Waals surface area contributed by atoms with Crippen molar-refractivity contribution in [3.05, 3.63) is 61.5 Å². The van der Waals surface area contributed by atoms with Crippen molar-refractivity contribution in [2.45, 2.75) is 19.8 Å². The summed E-state index contributed by atoms with van der Waals surface area (Å²) in [5.74, 6) is 1.97. The van der Waals surface area contributed by atoms with E-state index in [9.17, 15) is 0 Å². The van der Waals surface area contributed by atoms with E-state index in [1.54, 1.807) is 25.6 Å². The van der Waals surface area contributed by atoms with Gasteiger partial charge in [0.15, 0.2) is 0 Å². The fraction of sp³-hybridized carbons (Fsp3) is 0.300. The lowest BCUT2D eigenvalue weighted by atomic mass is 10.1. The molecular weight excluding hydrogens is 298 g/mol. The van der Waals surface area contributed by atoms with Crippen LogP contribution in [0.4, 0.5) is 5.82 Å². The number of benzene rings is 1. The molecule has 1 aliphatic rings. The van der Waals surface area contributed by atoms with Crippen LogP contribution in [0.5, 0.6) is 5.75 Å². The van der Waals surface area contributed by atoms with Gasteiger partial charge >= 0.3 is 0 Å². The molecule has 0 radical (unpaired) electrons. The van der Waals surface area contributed by atoms with E-state index in [0.29, 0.717) is 0 Å². The second kappa shape index (κ2) is 8.87. The van der Waals surface area contributed by atoms with Gasteiger partial charge in [-0.05, 0) is 24.5 Å². The minimum atomic E-state index is 0.915. The Labute approximate surface area is 144 Å². The lowest BCUT2D eigenvalue weighted by Gasteiger charge is -2.32. The Bertz CT molecular complexity index is 723. The number of fused-ring (bicyclic) bond motifs is 1. The maximum absolute atomic E-state index is 5.41. The largest absolute Gasteiger partial charge is 0.496 e. The molecule has 0 unspecified atom stereocenters. The number of anilines is 1. The molecular formula is C20H25N3O. The highest BCUT2D eigenvalue weighted by atomic mass is 16.5. The summed E-state index contributed by atoms with van der Waals surface area (Å²) in [6.07, 6.45) is 10.9. The van der Waals surface area contributed by atoms with Gasteiger partial charge < -0.3 is 9.64 Å². The summed E-state index contributed by atoms with van der Waals surface area (Å²) in [5, 5.41) is 1.13. The number of nitrogens with zero attached hydrogens (tertiary/aromatic N) is 3. The van der Waals surface area contributed by atoms with Crippen molar-refractivity contribution in [2.75, 3.05) is 25.1 Å². The number of aromatic nitrogens is 2. The SMILES string of the molecule is C=C/C=C\C=C.CCc1cc2c(N3CCC3)ncnc2cc1OC. The number of hydrogen-bond donors (Lipinski definition) is 0. The van der Waals surface area contributed by atoms with Crippen LogP contribution in [0.15, 0.2) is 55.9 Å². The zero-order valence-electron chi connectivity index (χ0n) is 14.5. The van der Waals surface area contributed by atoms with Crippen molar-refractivity contribution in [1.82, 2.24) is 9.97 Å². The normalized spacial score (nSPS) is 13.2. The Hall–Kier alpha value is -2.62. The van der Waals surface area contributed by atoms with Crippen LogP contribution in [-0.2, 0) is 6.42 Å². The van der Waals surface area contributed by atoms with Gasteiger partial charge in [-0.2, -0.15) is 0 Å². The lowest BCUT2D eigenvalue weighted by Crippen LogP contribution is -2.37. The van der Waals surface area contributed by atoms with Gasteiger partial charge in [0, 0.05) is 24.5 Å². The van der Waals surface area contributed by atoms with Gasteiger partial charge in [-0.1, -0.05) is 44.4 Å². The van der Waals surface area contributed by atoms with Gasteiger partial charge in [-0.15, -0.1) is 0 Å². The van der Waals surface area contributed by atoms with Crippen molar-refractivity contribution in [3.8, 4) is 5.75 Å². The van der Waals surface area contributed by atoms with E-state index >= 15 is 0 Å². The van der Waals surface area contributed by atoms with Crippen molar-refractivity contribution in [2.24, 2.45) is 0 Å². The van der Waals surface area contributed by atoms with Gasteiger partial charge in [-0.3, -0.25) is 0 Å². The van der Waals surface area contributed by atoms with E-state index in [1.807, 2.05) is 18.2 Å². The Morgan fingerprint density at radius 2 is 1.88 bits per heavy atom. The fourth-order valence-corrected chi connectivity index (χ4v) is 2.52. The van der Waals surface area contributed by atoms with E-state index in [-0.39, 0.29) is 0 Å². The van der Waals surface area contributed by atoms with Crippen LogP contribution in [0, 0.1) is 0 Å². The van der Waals surface area contributed by atoms with E-state index in [0.717, 1.165) is 42.0 Å². The summed E-state index contributed by atoms with van der Waals surface area (Å²) in [6, 6.07) is 4.18. The summed E-state index contributed by atoms with van der Waals surface area (Å²) in [6.45, 7) is 11.3. The van der Waals surface area contributed by atoms with E-state index < -0.39 is 0 Å². The molecule has 0 spiro atoms. The number of allylic oxidation sites excluding steroid dienone is 4.